The Morgan fingerprint density at radius 1 is 1.20 bits per heavy atom. The fourth-order valence-electron chi connectivity index (χ4n) is 1.62. The molecule has 0 atom stereocenters. The van der Waals surface area contributed by atoms with Crippen LogP contribution >= 0.6 is 0 Å². The van der Waals surface area contributed by atoms with Crippen molar-refractivity contribution in [3.05, 3.63) is 29.8 Å². The zero-order chi connectivity index (χ0) is 15.1. The SMILES string of the molecule is COC(=O)CN(C(=O)COc1ccc(C)cc1)C(C)C. The molecule has 5 heteroatoms. The molecule has 0 aromatic heterocycles. The molecule has 0 aliphatic carbocycles. The lowest BCUT2D eigenvalue weighted by Gasteiger charge is -2.25. The fourth-order valence-corrected chi connectivity index (χ4v) is 1.62. The minimum Gasteiger partial charge on any atom is -0.484 e. The van der Waals surface area contributed by atoms with Crippen LogP contribution in [-0.2, 0) is 14.3 Å². The summed E-state index contributed by atoms with van der Waals surface area (Å²) in [5, 5.41) is 0. The molecule has 0 saturated heterocycles. The predicted molar refractivity (Wildman–Crippen MR) is 75.5 cm³/mol. The molecule has 0 radical (unpaired) electrons. The second-order valence-electron chi connectivity index (χ2n) is 4.79. The summed E-state index contributed by atoms with van der Waals surface area (Å²) < 4.78 is 10.0. The first kappa shape index (κ1) is 16.0. The van der Waals surface area contributed by atoms with Crippen molar-refractivity contribution in [3.8, 4) is 5.75 Å². The molecule has 1 amide bonds. The number of aryl methyl sites for hydroxylation is 1. The summed E-state index contributed by atoms with van der Waals surface area (Å²) in [6, 6.07) is 7.34. The molecule has 5 nitrogen and oxygen atoms in total. The van der Waals surface area contributed by atoms with Crippen LogP contribution in [0.4, 0.5) is 0 Å². The minimum absolute atomic E-state index is 0.0652. The summed E-state index contributed by atoms with van der Waals surface area (Å²) >= 11 is 0. The van der Waals surface area contributed by atoms with E-state index >= 15 is 0 Å². The van der Waals surface area contributed by atoms with E-state index in [1.807, 2.05) is 45.0 Å². The van der Waals surface area contributed by atoms with Crippen LogP contribution in [0.3, 0.4) is 0 Å². The maximum absolute atomic E-state index is 12.1. The van der Waals surface area contributed by atoms with Crippen LogP contribution in [0.2, 0.25) is 0 Å². The van der Waals surface area contributed by atoms with Gasteiger partial charge < -0.3 is 14.4 Å². The van der Waals surface area contributed by atoms with Gasteiger partial charge in [0.2, 0.25) is 0 Å². The average molecular weight is 279 g/mol. The maximum atomic E-state index is 12.1. The molecule has 0 unspecified atom stereocenters. The van der Waals surface area contributed by atoms with Gasteiger partial charge in [-0.3, -0.25) is 9.59 Å². The zero-order valence-electron chi connectivity index (χ0n) is 12.4. The zero-order valence-corrected chi connectivity index (χ0v) is 12.4. The van der Waals surface area contributed by atoms with Gasteiger partial charge in [0.05, 0.1) is 7.11 Å². The Kier molecular flexibility index (Phi) is 6.03. The molecule has 1 aromatic rings. The van der Waals surface area contributed by atoms with Crippen LogP contribution in [0, 0.1) is 6.92 Å². The first-order valence-corrected chi connectivity index (χ1v) is 6.49. The Bertz CT molecular complexity index is 453. The molecular weight excluding hydrogens is 258 g/mol. The van der Waals surface area contributed by atoms with Crippen molar-refractivity contribution in [3.63, 3.8) is 0 Å². The Hall–Kier alpha value is -2.04. The molecule has 0 aliphatic heterocycles. The van der Waals surface area contributed by atoms with Crippen LogP contribution in [0.1, 0.15) is 19.4 Å². The van der Waals surface area contributed by atoms with Gasteiger partial charge in [-0.1, -0.05) is 17.7 Å². The fraction of sp³-hybridized carbons (Fsp3) is 0.467. The average Bonchev–Trinajstić information content (AvgIpc) is 2.43. The Labute approximate surface area is 119 Å². The first-order chi connectivity index (χ1) is 9.43. The molecule has 110 valence electrons. The lowest BCUT2D eigenvalue weighted by Crippen LogP contribution is -2.43. The number of benzene rings is 1. The summed E-state index contributed by atoms with van der Waals surface area (Å²) in [6.07, 6.45) is 0. The molecule has 0 fully saturated rings. The van der Waals surface area contributed by atoms with E-state index in [1.54, 1.807) is 0 Å². The van der Waals surface area contributed by atoms with Gasteiger partial charge >= 0.3 is 5.97 Å². The molecular formula is C15H21NO4. The first-order valence-electron chi connectivity index (χ1n) is 6.49. The molecule has 0 spiro atoms. The van der Waals surface area contributed by atoms with Crippen molar-refractivity contribution in [2.45, 2.75) is 26.8 Å². The third-order valence-electron chi connectivity index (χ3n) is 2.85. The monoisotopic (exact) mass is 279 g/mol. The number of methoxy groups -OCH3 is 1. The highest BCUT2D eigenvalue weighted by atomic mass is 16.5. The van der Waals surface area contributed by atoms with E-state index in [9.17, 15) is 9.59 Å². The van der Waals surface area contributed by atoms with Crippen LogP contribution < -0.4 is 4.74 Å². The van der Waals surface area contributed by atoms with E-state index < -0.39 is 5.97 Å². The quantitative estimate of drug-likeness (QED) is 0.745. The number of ether oxygens (including phenoxy) is 2. The number of hydrogen-bond donors (Lipinski definition) is 0. The van der Waals surface area contributed by atoms with Gasteiger partial charge in [0.25, 0.3) is 5.91 Å². The second-order valence-corrected chi connectivity index (χ2v) is 4.79. The van der Waals surface area contributed by atoms with E-state index in [0.717, 1.165) is 5.56 Å². The predicted octanol–water partition coefficient (Wildman–Crippen LogP) is 1.78. The summed E-state index contributed by atoms with van der Waals surface area (Å²) in [6.45, 7) is 5.49. The third-order valence-corrected chi connectivity index (χ3v) is 2.85. The highest BCUT2D eigenvalue weighted by Gasteiger charge is 2.20. The van der Waals surface area contributed by atoms with E-state index in [4.69, 9.17) is 4.74 Å². The van der Waals surface area contributed by atoms with Crippen LogP contribution in [0.25, 0.3) is 0 Å². The van der Waals surface area contributed by atoms with Crippen molar-refractivity contribution in [1.82, 2.24) is 4.90 Å². The highest BCUT2D eigenvalue weighted by Crippen LogP contribution is 2.11. The molecule has 20 heavy (non-hydrogen) atoms. The molecule has 0 saturated carbocycles. The second kappa shape index (κ2) is 7.53. The molecule has 0 bridgehead atoms. The van der Waals surface area contributed by atoms with Gasteiger partial charge in [-0.25, -0.2) is 0 Å². The van der Waals surface area contributed by atoms with Gasteiger partial charge in [0.15, 0.2) is 6.61 Å². The number of carbonyl (C=O) groups excluding carboxylic acids is 2. The number of amides is 1. The summed E-state index contributed by atoms with van der Waals surface area (Å²) in [4.78, 5) is 24.8. The number of carbonyl (C=O) groups is 2. The molecule has 0 aliphatic rings. The minimum atomic E-state index is -0.442. The van der Waals surface area contributed by atoms with Crippen LogP contribution in [0.5, 0.6) is 5.75 Å². The lowest BCUT2D eigenvalue weighted by atomic mass is 10.2. The Balaban J connectivity index is 2.57. The van der Waals surface area contributed by atoms with E-state index in [2.05, 4.69) is 4.74 Å². The van der Waals surface area contributed by atoms with Crippen molar-refractivity contribution >= 4 is 11.9 Å². The van der Waals surface area contributed by atoms with Crippen molar-refractivity contribution in [1.29, 1.82) is 0 Å². The Morgan fingerprint density at radius 2 is 1.80 bits per heavy atom. The molecule has 0 N–H and O–H groups in total. The van der Waals surface area contributed by atoms with Gasteiger partial charge in [0.1, 0.15) is 12.3 Å². The third kappa shape index (κ3) is 4.91. The van der Waals surface area contributed by atoms with Crippen molar-refractivity contribution in [2.24, 2.45) is 0 Å². The van der Waals surface area contributed by atoms with Gasteiger partial charge in [-0.2, -0.15) is 0 Å². The lowest BCUT2D eigenvalue weighted by molar-refractivity contribution is -0.149. The highest BCUT2D eigenvalue weighted by molar-refractivity contribution is 5.83. The van der Waals surface area contributed by atoms with E-state index in [1.165, 1.54) is 12.0 Å². The van der Waals surface area contributed by atoms with E-state index in [0.29, 0.717) is 5.75 Å². The van der Waals surface area contributed by atoms with Crippen LogP contribution in [0.15, 0.2) is 24.3 Å². The topological polar surface area (TPSA) is 55.8 Å². The maximum Gasteiger partial charge on any atom is 0.325 e. The Morgan fingerprint density at radius 3 is 2.30 bits per heavy atom. The smallest absolute Gasteiger partial charge is 0.325 e. The standard InChI is InChI=1S/C15H21NO4/c1-11(2)16(9-15(18)19-4)14(17)10-20-13-7-5-12(3)6-8-13/h5-8,11H,9-10H2,1-4H3. The molecule has 1 aromatic carbocycles. The normalized spacial score (nSPS) is 10.2. The van der Waals surface area contributed by atoms with Gasteiger partial charge in [0, 0.05) is 6.04 Å². The summed E-state index contributed by atoms with van der Waals surface area (Å²) in [5.41, 5.74) is 1.12. The largest absolute Gasteiger partial charge is 0.484 e. The van der Waals surface area contributed by atoms with Crippen molar-refractivity contribution in [2.75, 3.05) is 20.3 Å². The molecule has 1 rings (SSSR count). The summed E-state index contributed by atoms with van der Waals surface area (Å²) in [7, 11) is 1.30. The molecule has 0 heterocycles. The number of hydrogen-bond acceptors (Lipinski definition) is 4. The van der Waals surface area contributed by atoms with Gasteiger partial charge in [-0.15, -0.1) is 0 Å². The number of rotatable bonds is 6. The van der Waals surface area contributed by atoms with Gasteiger partial charge in [-0.05, 0) is 32.9 Å². The van der Waals surface area contributed by atoms with E-state index in [-0.39, 0.29) is 25.1 Å². The van der Waals surface area contributed by atoms with Crippen molar-refractivity contribution < 1.29 is 19.1 Å². The number of esters is 1. The summed E-state index contributed by atoms with van der Waals surface area (Å²) in [5.74, 6) is -0.0564. The van der Waals surface area contributed by atoms with Crippen LogP contribution in [-0.4, -0.2) is 43.1 Å². The number of nitrogens with zero attached hydrogens (tertiary/aromatic N) is 1.